The van der Waals surface area contributed by atoms with Gasteiger partial charge < -0.3 is 5.73 Å². The van der Waals surface area contributed by atoms with Crippen LogP contribution in [0.4, 0.5) is 5.69 Å². The van der Waals surface area contributed by atoms with E-state index in [4.69, 9.17) is 5.73 Å². The summed E-state index contributed by atoms with van der Waals surface area (Å²) in [7, 11) is 0. The Kier molecular flexibility index (Phi) is 6.25. The molecule has 0 aliphatic heterocycles. The lowest BCUT2D eigenvalue weighted by Gasteiger charge is -2.03. The van der Waals surface area contributed by atoms with Gasteiger partial charge in [0.2, 0.25) is 0 Å². The number of aromatic nitrogens is 1. The lowest BCUT2D eigenvalue weighted by atomic mass is 10.1. The summed E-state index contributed by atoms with van der Waals surface area (Å²) in [6.45, 7) is 2.54. The van der Waals surface area contributed by atoms with Gasteiger partial charge in [0.15, 0.2) is 0 Å². The van der Waals surface area contributed by atoms with Crippen LogP contribution in [0.1, 0.15) is 18.2 Å². The summed E-state index contributed by atoms with van der Waals surface area (Å²) in [4.78, 5) is 15.2. The second-order valence-electron chi connectivity index (χ2n) is 4.14. The molecule has 0 fully saturated rings. The molecule has 20 heavy (non-hydrogen) atoms. The molecule has 7 heteroatoms. The van der Waals surface area contributed by atoms with Crippen molar-refractivity contribution in [2.45, 2.75) is 19.8 Å². The molecule has 0 unspecified atom stereocenters. The van der Waals surface area contributed by atoms with Crippen LogP contribution in [-0.2, 0) is 12.8 Å². The number of nitrogens with zero attached hydrogens (tertiary/aromatic N) is 2. The standard InChI is InChI=1S/C13H15N3O2S.BrH/c1-2-10-8-19-13(15-10)11-7-9(5-6-14)3-4-12(11)16(17)18;/h3-4,7-8H,2,5-6,14H2,1H3;1H. The molecule has 1 heterocycles. The van der Waals surface area contributed by atoms with Crippen molar-refractivity contribution in [3.63, 3.8) is 0 Å². The number of hydrogen-bond donors (Lipinski definition) is 1. The molecule has 1 aromatic heterocycles. The monoisotopic (exact) mass is 357 g/mol. The Morgan fingerprint density at radius 3 is 2.75 bits per heavy atom. The Balaban J connectivity index is 0.00000200. The lowest BCUT2D eigenvalue weighted by Crippen LogP contribution is -2.03. The van der Waals surface area contributed by atoms with Gasteiger partial charge in [0.25, 0.3) is 5.69 Å². The quantitative estimate of drug-likeness (QED) is 0.656. The maximum Gasteiger partial charge on any atom is 0.279 e. The fourth-order valence-corrected chi connectivity index (χ4v) is 2.76. The number of benzene rings is 1. The van der Waals surface area contributed by atoms with Gasteiger partial charge in [-0.25, -0.2) is 4.98 Å². The van der Waals surface area contributed by atoms with E-state index in [1.807, 2.05) is 18.4 Å². The zero-order chi connectivity index (χ0) is 13.8. The van der Waals surface area contributed by atoms with Crippen LogP contribution in [0.15, 0.2) is 23.6 Å². The van der Waals surface area contributed by atoms with Crippen LogP contribution in [0.25, 0.3) is 10.6 Å². The number of thiazole rings is 1. The number of rotatable bonds is 5. The van der Waals surface area contributed by atoms with E-state index in [9.17, 15) is 10.1 Å². The van der Waals surface area contributed by atoms with Crippen LogP contribution in [-0.4, -0.2) is 16.5 Å². The Morgan fingerprint density at radius 2 is 2.20 bits per heavy atom. The van der Waals surface area contributed by atoms with Crippen molar-refractivity contribution in [2.24, 2.45) is 5.73 Å². The van der Waals surface area contributed by atoms with Crippen LogP contribution in [0.5, 0.6) is 0 Å². The van der Waals surface area contributed by atoms with E-state index in [2.05, 4.69) is 4.98 Å². The Labute approximate surface area is 131 Å². The average molecular weight is 358 g/mol. The van der Waals surface area contributed by atoms with Gasteiger partial charge in [-0.05, 0) is 31.0 Å². The van der Waals surface area contributed by atoms with Crippen molar-refractivity contribution in [2.75, 3.05) is 6.54 Å². The largest absolute Gasteiger partial charge is 0.330 e. The molecular weight excluding hydrogens is 342 g/mol. The molecule has 0 atom stereocenters. The molecule has 0 radical (unpaired) electrons. The van der Waals surface area contributed by atoms with Gasteiger partial charge >= 0.3 is 0 Å². The van der Waals surface area contributed by atoms with Gasteiger partial charge in [0, 0.05) is 11.4 Å². The van der Waals surface area contributed by atoms with E-state index in [0.717, 1.165) is 17.7 Å². The third-order valence-electron chi connectivity index (χ3n) is 2.84. The van der Waals surface area contributed by atoms with Crippen LogP contribution in [0.2, 0.25) is 0 Å². The molecular formula is C13H16BrN3O2S. The third-order valence-corrected chi connectivity index (χ3v) is 3.76. The number of nitro groups is 1. The average Bonchev–Trinajstić information content (AvgIpc) is 2.87. The fourth-order valence-electron chi connectivity index (χ4n) is 1.83. The molecule has 0 amide bonds. The zero-order valence-corrected chi connectivity index (χ0v) is 13.6. The van der Waals surface area contributed by atoms with Crippen molar-refractivity contribution >= 4 is 34.0 Å². The molecule has 0 aliphatic carbocycles. The summed E-state index contributed by atoms with van der Waals surface area (Å²) >= 11 is 1.44. The van der Waals surface area contributed by atoms with Crippen molar-refractivity contribution in [3.8, 4) is 10.6 Å². The zero-order valence-electron chi connectivity index (χ0n) is 11.0. The van der Waals surface area contributed by atoms with Gasteiger partial charge in [-0.15, -0.1) is 28.3 Å². The minimum atomic E-state index is -0.366. The topological polar surface area (TPSA) is 82.0 Å². The van der Waals surface area contributed by atoms with Gasteiger partial charge in [-0.2, -0.15) is 0 Å². The molecule has 2 rings (SSSR count). The first kappa shape index (κ1) is 16.7. The molecule has 0 aliphatic rings. The first-order valence-electron chi connectivity index (χ1n) is 6.07. The Bertz CT molecular complexity index is 601. The number of nitro benzene ring substituents is 1. The predicted octanol–water partition coefficient (Wildman–Crippen LogP) is 3.36. The molecule has 2 aromatic rings. The summed E-state index contributed by atoms with van der Waals surface area (Å²) in [5, 5.41) is 13.7. The molecule has 0 bridgehead atoms. The van der Waals surface area contributed by atoms with Crippen LogP contribution in [0, 0.1) is 10.1 Å². The molecule has 1 aromatic carbocycles. The molecule has 0 saturated carbocycles. The van der Waals surface area contributed by atoms with Gasteiger partial charge in [-0.1, -0.05) is 13.0 Å². The second kappa shape index (κ2) is 7.47. The Morgan fingerprint density at radius 1 is 1.45 bits per heavy atom. The maximum atomic E-state index is 11.1. The number of aryl methyl sites for hydroxylation is 1. The normalized spacial score (nSPS) is 10.1. The highest BCUT2D eigenvalue weighted by Gasteiger charge is 2.18. The molecule has 5 nitrogen and oxygen atoms in total. The molecule has 108 valence electrons. The van der Waals surface area contributed by atoms with E-state index in [0.29, 0.717) is 23.5 Å². The second-order valence-corrected chi connectivity index (χ2v) is 5.00. The maximum absolute atomic E-state index is 11.1. The predicted molar refractivity (Wildman–Crippen MR) is 86.7 cm³/mol. The third kappa shape index (κ3) is 3.62. The molecule has 0 spiro atoms. The van der Waals surface area contributed by atoms with Crippen LogP contribution < -0.4 is 5.73 Å². The minimum Gasteiger partial charge on any atom is -0.330 e. The summed E-state index contributed by atoms with van der Waals surface area (Å²) in [6, 6.07) is 5.11. The highest BCUT2D eigenvalue weighted by Crippen LogP contribution is 2.33. The van der Waals surface area contributed by atoms with Crippen molar-refractivity contribution in [1.29, 1.82) is 0 Å². The van der Waals surface area contributed by atoms with Gasteiger partial charge in [0.1, 0.15) is 5.01 Å². The highest BCUT2D eigenvalue weighted by atomic mass is 79.9. The van der Waals surface area contributed by atoms with Crippen LogP contribution in [0.3, 0.4) is 0 Å². The first-order chi connectivity index (χ1) is 9.15. The fraction of sp³-hybridized carbons (Fsp3) is 0.308. The first-order valence-corrected chi connectivity index (χ1v) is 6.95. The van der Waals surface area contributed by atoms with Crippen molar-refractivity contribution in [3.05, 3.63) is 45.0 Å². The summed E-state index contributed by atoms with van der Waals surface area (Å²) in [5.74, 6) is 0. The van der Waals surface area contributed by atoms with E-state index < -0.39 is 0 Å². The summed E-state index contributed by atoms with van der Waals surface area (Å²) in [6.07, 6.45) is 1.53. The molecule has 0 saturated heterocycles. The van der Waals surface area contributed by atoms with Gasteiger partial charge in [0.05, 0.1) is 16.2 Å². The Hall–Kier alpha value is -1.31. The van der Waals surface area contributed by atoms with Crippen molar-refractivity contribution in [1.82, 2.24) is 4.98 Å². The summed E-state index contributed by atoms with van der Waals surface area (Å²) in [5.41, 5.74) is 8.16. The van der Waals surface area contributed by atoms with E-state index >= 15 is 0 Å². The smallest absolute Gasteiger partial charge is 0.279 e. The minimum absolute atomic E-state index is 0. The number of nitrogens with two attached hydrogens (primary N) is 1. The van der Waals surface area contributed by atoms with Crippen LogP contribution >= 0.6 is 28.3 Å². The summed E-state index contributed by atoms with van der Waals surface area (Å²) < 4.78 is 0. The van der Waals surface area contributed by atoms with Gasteiger partial charge in [-0.3, -0.25) is 10.1 Å². The van der Waals surface area contributed by atoms with Crippen molar-refractivity contribution < 1.29 is 4.92 Å². The van der Waals surface area contributed by atoms with E-state index in [-0.39, 0.29) is 27.6 Å². The van der Waals surface area contributed by atoms with E-state index in [1.54, 1.807) is 6.07 Å². The van der Waals surface area contributed by atoms with E-state index in [1.165, 1.54) is 17.4 Å². The lowest BCUT2D eigenvalue weighted by molar-refractivity contribution is -0.384. The SMILES string of the molecule is Br.CCc1csc(-c2cc(CCN)ccc2[N+](=O)[O-])n1. The highest BCUT2D eigenvalue weighted by molar-refractivity contribution is 8.93. The molecule has 2 N–H and O–H groups in total. The number of halogens is 1. The number of hydrogen-bond acceptors (Lipinski definition) is 5.